The van der Waals surface area contributed by atoms with Crippen molar-refractivity contribution in [2.75, 3.05) is 5.32 Å². The maximum atomic E-state index is 12.0. The monoisotopic (exact) mass is 358 g/mol. The quantitative estimate of drug-likeness (QED) is 0.707. The van der Waals surface area contributed by atoms with E-state index < -0.39 is 0 Å². The zero-order chi connectivity index (χ0) is 17.8. The fourth-order valence-electron chi connectivity index (χ4n) is 2.55. The summed E-state index contributed by atoms with van der Waals surface area (Å²) >= 11 is 5.89. The Kier molecular flexibility index (Phi) is 5.14. The van der Waals surface area contributed by atoms with E-state index in [0.29, 0.717) is 23.2 Å². The van der Waals surface area contributed by atoms with Crippen molar-refractivity contribution in [1.82, 2.24) is 24.7 Å². The normalized spacial score (nSPS) is 13.4. The summed E-state index contributed by atoms with van der Waals surface area (Å²) in [6.07, 6.45) is 6.80. The molecule has 0 radical (unpaired) electrons. The van der Waals surface area contributed by atoms with Gasteiger partial charge in [-0.05, 0) is 24.6 Å². The summed E-state index contributed by atoms with van der Waals surface area (Å²) in [6.45, 7) is 4.58. The second kappa shape index (κ2) is 7.48. The van der Waals surface area contributed by atoms with Crippen molar-refractivity contribution in [3.8, 4) is 0 Å². The maximum Gasteiger partial charge on any atom is 0.252 e. The van der Waals surface area contributed by atoms with Crippen LogP contribution in [0, 0.1) is 0 Å². The Hall–Kier alpha value is -2.67. The summed E-state index contributed by atoms with van der Waals surface area (Å²) < 4.78 is 1.74. The number of H-pyrrole nitrogens is 1. The molecule has 25 heavy (non-hydrogen) atoms. The molecule has 0 aliphatic rings. The number of rotatable bonds is 6. The van der Waals surface area contributed by atoms with Crippen LogP contribution >= 0.6 is 11.6 Å². The SMILES string of the molecule is C[C@@H](Cn1cc(Cl)cn1)c1cc(=O)[nH]c(N[C@H](C)c2ccncc2)n1. The Balaban J connectivity index is 1.77. The molecular weight excluding hydrogens is 340 g/mol. The Labute approximate surface area is 150 Å². The van der Waals surface area contributed by atoms with Crippen LogP contribution in [0.1, 0.15) is 37.1 Å². The van der Waals surface area contributed by atoms with E-state index in [-0.39, 0.29) is 17.5 Å². The van der Waals surface area contributed by atoms with Crippen LogP contribution < -0.4 is 10.9 Å². The number of nitrogens with one attached hydrogen (secondary N) is 2. The molecule has 2 N–H and O–H groups in total. The highest BCUT2D eigenvalue weighted by molar-refractivity contribution is 6.30. The molecule has 8 heteroatoms. The second-order valence-corrected chi connectivity index (χ2v) is 6.38. The smallest absolute Gasteiger partial charge is 0.252 e. The van der Waals surface area contributed by atoms with Crippen molar-refractivity contribution >= 4 is 17.5 Å². The van der Waals surface area contributed by atoms with Crippen molar-refractivity contribution < 1.29 is 0 Å². The number of aromatic amines is 1. The fourth-order valence-corrected chi connectivity index (χ4v) is 2.71. The average molecular weight is 359 g/mol. The molecule has 3 heterocycles. The molecule has 0 spiro atoms. The van der Waals surface area contributed by atoms with Crippen LogP contribution in [0.3, 0.4) is 0 Å². The van der Waals surface area contributed by atoms with Gasteiger partial charge < -0.3 is 5.32 Å². The topological polar surface area (TPSA) is 88.5 Å². The van der Waals surface area contributed by atoms with Crippen LogP contribution in [0.2, 0.25) is 5.02 Å². The van der Waals surface area contributed by atoms with Crippen LogP contribution in [0.4, 0.5) is 5.95 Å². The van der Waals surface area contributed by atoms with E-state index in [0.717, 1.165) is 5.56 Å². The molecule has 7 nitrogen and oxygen atoms in total. The van der Waals surface area contributed by atoms with Gasteiger partial charge in [-0.15, -0.1) is 0 Å². The van der Waals surface area contributed by atoms with Gasteiger partial charge in [-0.25, -0.2) is 4.98 Å². The molecule has 130 valence electrons. The highest BCUT2D eigenvalue weighted by Gasteiger charge is 2.13. The van der Waals surface area contributed by atoms with Gasteiger partial charge in [0.1, 0.15) is 0 Å². The van der Waals surface area contributed by atoms with Crippen molar-refractivity contribution in [3.63, 3.8) is 0 Å². The van der Waals surface area contributed by atoms with Crippen LogP contribution in [0.15, 0.2) is 47.8 Å². The molecule has 0 bridgehead atoms. The van der Waals surface area contributed by atoms with E-state index in [2.05, 4.69) is 25.4 Å². The van der Waals surface area contributed by atoms with Gasteiger partial charge in [0.25, 0.3) is 5.56 Å². The van der Waals surface area contributed by atoms with Gasteiger partial charge >= 0.3 is 0 Å². The number of anilines is 1. The van der Waals surface area contributed by atoms with Crippen molar-refractivity contribution in [2.24, 2.45) is 0 Å². The summed E-state index contributed by atoms with van der Waals surface area (Å²) in [4.78, 5) is 23.3. The molecule has 2 atom stereocenters. The van der Waals surface area contributed by atoms with Crippen molar-refractivity contribution in [3.05, 3.63) is 69.6 Å². The van der Waals surface area contributed by atoms with Gasteiger partial charge in [-0.3, -0.25) is 19.4 Å². The van der Waals surface area contributed by atoms with Gasteiger partial charge in [0.15, 0.2) is 0 Å². The molecule has 3 aromatic heterocycles. The largest absolute Gasteiger partial charge is 0.349 e. The summed E-state index contributed by atoms with van der Waals surface area (Å²) in [5, 5.41) is 7.97. The Morgan fingerprint density at radius 3 is 2.76 bits per heavy atom. The highest BCUT2D eigenvalue weighted by atomic mass is 35.5. The Morgan fingerprint density at radius 2 is 2.08 bits per heavy atom. The first-order valence-electron chi connectivity index (χ1n) is 7.97. The third-order valence-electron chi connectivity index (χ3n) is 3.89. The lowest BCUT2D eigenvalue weighted by Crippen LogP contribution is -2.18. The molecule has 0 saturated carbocycles. The van der Waals surface area contributed by atoms with Crippen LogP contribution in [-0.4, -0.2) is 24.7 Å². The minimum atomic E-state index is -0.195. The van der Waals surface area contributed by atoms with Gasteiger partial charge in [0.2, 0.25) is 5.95 Å². The fraction of sp³-hybridized carbons (Fsp3) is 0.294. The lowest BCUT2D eigenvalue weighted by atomic mass is 10.1. The molecular formula is C17H19ClN6O. The van der Waals surface area contributed by atoms with E-state index in [4.69, 9.17) is 11.6 Å². The predicted octanol–water partition coefficient (Wildman–Crippen LogP) is 2.99. The summed E-state index contributed by atoms with van der Waals surface area (Å²) in [6, 6.07) is 5.34. The average Bonchev–Trinajstić information content (AvgIpc) is 3.00. The summed E-state index contributed by atoms with van der Waals surface area (Å²) in [5.41, 5.74) is 1.56. The number of aromatic nitrogens is 5. The third-order valence-corrected chi connectivity index (χ3v) is 4.08. The Bertz CT molecular complexity index is 891. The van der Waals surface area contributed by atoms with Crippen LogP contribution in [-0.2, 0) is 6.54 Å². The van der Waals surface area contributed by atoms with Crippen LogP contribution in [0.5, 0.6) is 0 Å². The summed E-state index contributed by atoms with van der Waals surface area (Å²) in [5.74, 6) is 0.451. The molecule has 0 aliphatic carbocycles. The second-order valence-electron chi connectivity index (χ2n) is 5.95. The molecule has 0 fully saturated rings. The molecule has 0 saturated heterocycles. The number of nitrogens with zero attached hydrogens (tertiary/aromatic N) is 4. The summed E-state index contributed by atoms with van der Waals surface area (Å²) in [7, 11) is 0. The zero-order valence-corrected chi connectivity index (χ0v) is 14.7. The minimum Gasteiger partial charge on any atom is -0.349 e. The lowest BCUT2D eigenvalue weighted by molar-refractivity contribution is 0.533. The van der Waals surface area contributed by atoms with E-state index in [1.54, 1.807) is 29.5 Å². The lowest BCUT2D eigenvalue weighted by Gasteiger charge is -2.16. The maximum absolute atomic E-state index is 12.0. The first kappa shape index (κ1) is 17.2. The van der Waals surface area contributed by atoms with Crippen molar-refractivity contribution in [1.29, 1.82) is 0 Å². The van der Waals surface area contributed by atoms with E-state index >= 15 is 0 Å². The predicted molar refractivity (Wildman–Crippen MR) is 96.8 cm³/mol. The molecule has 3 aromatic rings. The number of pyridine rings is 1. The van der Waals surface area contributed by atoms with Crippen LogP contribution in [0.25, 0.3) is 0 Å². The van der Waals surface area contributed by atoms with Crippen molar-refractivity contribution in [2.45, 2.75) is 32.4 Å². The zero-order valence-electron chi connectivity index (χ0n) is 14.0. The van der Waals surface area contributed by atoms with Gasteiger partial charge in [0.05, 0.1) is 23.0 Å². The number of hydrogen-bond donors (Lipinski definition) is 2. The number of halogens is 1. The first-order chi connectivity index (χ1) is 12.0. The molecule has 0 aromatic carbocycles. The van der Waals surface area contributed by atoms with Gasteiger partial charge in [-0.1, -0.05) is 18.5 Å². The Morgan fingerprint density at radius 1 is 1.32 bits per heavy atom. The number of hydrogen-bond acceptors (Lipinski definition) is 5. The molecule has 0 unspecified atom stereocenters. The highest BCUT2D eigenvalue weighted by Crippen LogP contribution is 2.18. The van der Waals surface area contributed by atoms with E-state index in [9.17, 15) is 4.79 Å². The molecule has 0 aliphatic heterocycles. The standard InChI is InChI=1S/C17H19ClN6O/c1-11(9-24-10-14(18)8-20-24)15-7-16(25)23-17(22-15)21-12(2)13-3-5-19-6-4-13/h3-8,10-12H,9H2,1-2H3,(H2,21,22,23,25)/t11-,12+/m0/s1. The van der Waals surface area contributed by atoms with E-state index in [1.165, 1.54) is 6.07 Å². The third kappa shape index (κ3) is 4.45. The minimum absolute atomic E-state index is 0.00930. The first-order valence-corrected chi connectivity index (χ1v) is 8.34. The van der Waals surface area contributed by atoms with Gasteiger partial charge in [0, 0.05) is 37.1 Å². The van der Waals surface area contributed by atoms with Gasteiger partial charge in [-0.2, -0.15) is 5.10 Å². The molecule has 3 rings (SSSR count). The molecule has 0 amide bonds. The van der Waals surface area contributed by atoms with E-state index in [1.807, 2.05) is 26.0 Å².